The van der Waals surface area contributed by atoms with Gasteiger partial charge in [0, 0.05) is 23.3 Å². The number of ether oxygens (including phenoxy) is 1. The van der Waals surface area contributed by atoms with Gasteiger partial charge in [0.1, 0.15) is 5.69 Å². The molecule has 1 aliphatic carbocycles. The SMILES string of the molecule is CCC(=O)c1ccc(SCC2(CC(=O)OC)CC2)cn1. The highest BCUT2D eigenvalue weighted by Gasteiger charge is 2.44. The summed E-state index contributed by atoms with van der Waals surface area (Å²) in [7, 11) is 1.43. The lowest BCUT2D eigenvalue weighted by atomic mass is 10.1. The predicted molar refractivity (Wildman–Crippen MR) is 77.9 cm³/mol. The molecular weight excluding hydrogens is 274 g/mol. The van der Waals surface area contributed by atoms with Crippen molar-refractivity contribution in [2.45, 2.75) is 37.5 Å². The number of aromatic nitrogens is 1. The largest absolute Gasteiger partial charge is 0.469 e. The number of nitrogens with zero attached hydrogens (tertiary/aromatic N) is 1. The quantitative estimate of drug-likeness (QED) is 0.439. The number of esters is 1. The summed E-state index contributed by atoms with van der Waals surface area (Å²) >= 11 is 1.69. The summed E-state index contributed by atoms with van der Waals surface area (Å²) in [4.78, 5) is 28.1. The minimum atomic E-state index is -0.134. The Labute approximate surface area is 123 Å². The predicted octanol–water partition coefficient (Wildman–Crippen LogP) is 3.11. The van der Waals surface area contributed by atoms with Crippen LogP contribution in [0.4, 0.5) is 0 Å². The van der Waals surface area contributed by atoms with Crippen molar-refractivity contribution in [3.63, 3.8) is 0 Å². The molecule has 0 bridgehead atoms. The fourth-order valence-corrected chi connectivity index (χ4v) is 3.13. The lowest BCUT2D eigenvalue weighted by molar-refractivity contribution is -0.141. The number of methoxy groups -OCH3 is 1. The smallest absolute Gasteiger partial charge is 0.306 e. The van der Waals surface area contributed by atoms with Crippen molar-refractivity contribution < 1.29 is 14.3 Å². The van der Waals surface area contributed by atoms with Crippen LogP contribution in [0, 0.1) is 5.41 Å². The third-order valence-electron chi connectivity index (χ3n) is 3.59. The minimum absolute atomic E-state index is 0.0610. The van der Waals surface area contributed by atoms with Gasteiger partial charge in [-0.1, -0.05) is 6.92 Å². The van der Waals surface area contributed by atoms with Gasteiger partial charge in [0.15, 0.2) is 5.78 Å². The van der Waals surface area contributed by atoms with Gasteiger partial charge in [0.05, 0.1) is 13.5 Å². The van der Waals surface area contributed by atoms with E-state index < -0.39 is 0 Å². The first-order chi connectivity index (χ1) is 9.58. The van der Waals surface area contributed by atoms with E-state index in [2.05, 4.69) is 4.98 Å². The Hall–Kier alpha value is -1.36. The van der Waals surface area contributed by atoms with E-state index in [1.807, 2.05) is 13.0 Å². The van der Waals surface area contributed by atoms with Crippen LogP contribution in [0.5, 0.6) is 0 Å². The molecule has 1 aromatic rings. The Balaban J connectivity index is 1.88. The molecule has 0 radical (unpaired) electrons. The van der Waals surface area contributed by atoms with Crippen LogP contribution in [0.15, 0.2) is 23.2 Å². The van der Waals surface area contributed by atoms with Gasteiger partial charge in [0.25, 0.3) is 0 Å². The summed E-state index contributed by atoms with van der Waals surface area (Å²) in [5, 5.41) is 0. The van der Waals surface area contributed by atoms with Crippen molar-refractivity contribution >= 4 is 23.5 Å². The molecule has 5 heteroatoms. The van der Waals surface area contributed by atoms with Crippen LogP contribution in [0.25, 0.3) is 0 Å². The number of hydrogen-bond donors (Lipinski definition) is 0. The molecule has 1 aromatic heterocycles. The highest BCUT2D eigenvalue weighted by Crippen LogP contribution is 2.52. The zero-order chi connectivity index (χ0) is 14.6. The average molecular weight is 293 g/mol. The van der Waals surface area contributed by atoms with Crippen LogP contribution in [0.2, 0.25) is 0 Å². The number of Topliss-reactive ketones (excluding diaryl/α,β-unsaturated/α-hetero) is 1. The Morgan fingerprint density at radius 1 is 1.40 bits per heavy atom. The summed E-state index contributed by atoms with van der Waals surface area (Å²) < 4.78 is 4.73. The zero-order valence-corrected chi connectivity index (χ0v) is 12.7. The number of pyridine rings is 1. The molecule has 1 saturated carbocycles. The third-order valence-corrected chi connectivity index (χ3v) is 4.92. The van der Waals surface area contributed by atoms with Gasteiger partial charge in [-0.05, 0) is 30.4 Å². The number of hydrogen-bond acceptors (Lipinski definition) is 5. The van der Waals surface area contributed by atoms with Gasteiger partial charge in [-0.15, -0.1) is 11.8 Å². The van der Waals surface area contributed by atoms with Crippen molar-refractivity contribution in [2.24, 2.45) is 5.41 Å². The number of ketones is 1. The van der Waals surface area contributed by atoms with E-state index in [1.54, 1.807) is 24.0 Å². The fraction of sp³-hybridized carbons (Fsp3) is 0.533. The number of carbonyl (C=O) groups excluding carboxylic acids is 2. The maximum atomic E-state index is 11.5. The van der Waals surface area contributed by atoms with Crippen LogP contribution < -0.4 is 0 Å². The first-order valence-electron chi connectivity index (χ1n) is 6.77. The molecule has 0 saturated heterocycles. The van der Waals surface area contributed by atoms with Crippen LogP contribution in [-0.4, -0.2) is 29.6 Å². The van der Waals surface area contributed by atoms with Crippen LogP contribution in [0.1, 0.15) is 43.1 Å². The highest BCUT2D eigenvalue weighted by molar-refractivity contribution is 7.99. The minimum Gasteiger partial charge on any atom is -0.469 e. The summed E-state index contributed by atoms with van der Waals surface area (Å²) in [5.74, 6) is 0.821. The van der Waals surface area contributed by atoms with Crippen molar-refractivity contribution in [1.82, 2.24) is 4.98 Å². The van der Waals surface area contributed by atoms with Crippen molar-refractivity contribution in [2.75, 3.05) is 12.9 Å². The zero-order valence-electron chi connectivity index (χ0n) is 11.8. The van der Waals surface area contributed by atoms with Gasteiger partial charge in [-0.2, -0.15) is 0 Å². The number of carbonyl (C=O) groups is 2. The normalized spacial score (nSPS) is 15.7. The van der Waals surface area contributed by atoms with E-state index in [-0.39, 0.29) is 17.2 Å². The molecule has 108 valence electrons. The summed E-state index contributed by atoms with van der Waals surface area (Å²) in [6.07, 6.45) is 4.86. The van der Waals surface area contributed by atoms with E-state index in [4.69, 9.17) is 4.74 Å². The lowest BCUT2D eigenvalue weighted by Gasteiger charge is -2.12. The van der Waals surface area contributed by atoms with Crippen molar-refractivity contribution in [1.29, 1.82) is 0 Å². The molecular formula is C15H19NO3S. The fourth-order valence-electron chi connectivity index (χ4n) is 1.98. The monoisotopic (exact) mass is 293 g/mol. The van der Waals surface area contributed by atoms with Gasteiger partial charge >= 0.3 is 5.97 Å². The summed E-state index contributed by atoms with van der Waals surface area (Å²) in [5.41, 5.74) is 0.628. The molecule has 0 atom stereocenters. The molecule has 0 amide bonds. The van der Waals surface area contributed by atoms with Crippen molar-refractivity contribution in [3.8, 4) is 0 Å². The van der Waals surface area contributed by atoms with Crippen LogP contribution in [0.3, 0.4) is 0 Å². The highest BCUT2D eigenvalue weighted by atomic mass is 32.2. The molecule has 2 rings (SSSR count). The number of rotatable bonds is 7. The third kappa shape index (κ3) is 3.82. The topological polar surface area (TPSA) is 56.3 Å². The van der Waals surface area contributed by atoms with Gasteiger partial charge in [0.2, 0.25) is 0 Å². The molecule has 1 fully saturated rings. The standard InChI is InChI=1S/C15H19NO3S/c1-3-13(17)12-5-4-11(9-16-12)20-10-15(6-7-15)8-14(18)19-2/h4-5,9H,3,6-8,10H2,1-2H3. The van der Waals surface area contributed by atoms with E-state index in [9.17, 15) is 9.59 Å². The van der Waals surface area contributed by atoms with Crippen molar-refractivity contribution in [3.05, 3.63) is 24.0 Å². The maximum absolute atomic E-state index is 11.5. The molecule has 0 aliphatic heterocycles. The lowest BCUT2D eigenvalue weighted by Crippen LogP contribution is -2.13. The second kappa shape index (κ2) is 6.39. The van der Waals surface area contributed by atoms with E-state index in [1.165, 1.54) is 7.11 Å². The van der Waals surface area contributed by atoms with Gasteiger partial charge in [-0.3, -0.25) is 14.6 Å². The van der Waals surface area contributed by atoms with E-state index in [0.29, 0.717) is 18.5 Å². The molecule has 1 aliphatic rings. The van der Waals surface area contributed by atoms with Crippen LogP contribution in [-0.2, 0) is 9.53 Å². The first kappa shape index (κ1) is 15.0. The molecule has 0 unspecified atom stereocenters. The Bertz CT molecular complexity index is 494. The first-order valence-corrected chi connectivity index (χ1v) is 7.76. The Morgan fingerprint density at radius 3 is 2.65 bits per heavy atom. The maximum Gasteiger partial charge on any atom is 0.306 e. The van der Waals surface area contributed by atoms with E-state index in [0.717, 1.165) is 23.5 Å². The molecule has 20 heavy (non-hydrogen) atoms. The van der Waals surface area contributed by atoms with E-state index >= 15 is 0 Å². The summed E-state index contributed by atoms with van der Waals surface area (Å²) in [6, 6.07) is 3.70. The van der Waals surface area contributed by atoms with Gasteiger partial charge in [-0.25, -0.2) is 0 Å². The number of thioether (sulfide) groups is 1. The summed E-state index contributed by atoms with van der Waals surface area (Å²) in [6.45, 7) is 1.83. The Kier molecular flexibility index (Phi) is 4.81. The second-order valence-electron chi connectivity index (χ2n) is 5.20. The molecule has 4 nitrogen and oxygen atoms in total. The van der Waals surface area contributed by atoms with Crippen LogP contribution >= 0.6 is 11.8 Å². The molecule has 1 heterocycles. The second-order valence-corrected chi connectivity index (χ2v) is 6.25. The average Bonchev–Trinajstić information content (AvgIpc) is 3.24. The van der Waals surface area contributed by atoms with Gasteiger partial charge < -0.3 is 4.74 Å². The molecule has 0 spiro atoms. The Morgan fingerprint density at radius 2 is 2.15 bits per heavy atom. The molecule has 0 aromatic carbocycles. The molecule has 0 N–H and O–H groups in total.